The van der Waals surface area contributed by atoms with Gasteiger partial charge in [-0.15, -0.1) is 0 Å². The highest BCUT2D eigenvalue weighted by atomic mass is 79.9. The number of likely N-dealkylation sites (tertiary alicyclic amines) is 1. The van der Waals surface area contributed by atoms with Gasteiger partial charge in [0.15, 0.2) is 0 Å². The molecular formula is C14H19BrN2OS. The molecular weight excluding hydrogens is 324 g/mol. The molecule has 2 rings (SSSR count). The summed E-state index contributed by atoms with van der Waals surface area (Å²) in [5, 5.41) is 0.492. The lowest BCUT2D eigenvalue weighted by molar-refractivity contribution is 0.0783. The van der Waals surface area contributed by atoms with Gasteiger partial charge in [-0.05, 0) is 38.6 Å². The van der Waals surface area contributed by atoms with Crippen LogP contribution in [0.1, 0.15) is 10.4 Å². The van der Waals surface area contributed by atoms with Gasteiger partial charge in [0.1, 0.15) is 0 Å². The van der Waals surface area contributed by atoms with Crippen molar-refractivity contribution in [2.24, 2.45) is 0 Å². The van der Waals surface area contributed by atoms with Crippen LogP contribution in [0.4, 0.5) is 0 Å². The van der Waals surface area contributed by atoms with Gasteiger partial charge in [0.25, 0.3) is 5.91 Å². The summed E-state index contributed by atoms with van der Waals surface area (Å²) in [5.74, 6) is 0.129. The molecule has 0 aromatic heterocycles. The van der Waals surface area contributed by atoms with Crippen LogP contribution in [0.5, 0.6) is 0 Å². The van der Waals surface area contributed by atoms with E-state index < -0.39 is 0 Å². The van der Waals surface area contributed by atoms with E-state index in [0.717, 1.165) is 23.1 Å². The minimum atomic E-state index is 0.129. The number of hydrogen-bond donors (Lipinski definition) is 0. The van der Waals surface area contributed by atoms with Crippen LogP contribution in [0.2, 0.25) is 0 Å². The smallest absolute Gasteiger partial charge is 0.253 e. The zero-order chi connectivity index (χ0) is 14.0. The van der Waals surface area contributed by atoms with Crippen LogP contribution in [-0.2, 0) is 0 Å². The molecule has 0 N–H and O–H groups in total. The number of nitrogens with zero attached hydrogens (tertiary/aromatic N) is 2. The molecule has 2 atom stereocenters. The van der Waals surface area contributed by atoms with Crippen LogP contribution in [0, 0.1) is 0 Å². The van der Waals surface area contributed by atoms with Gasteiger partial charge in [-0.25, -0.2) is 0 Å². The molecule has 1 fully saturated rings. The third-order valence-corrected chi connectivity index (χ3v) is 5.12. The zero-order valence-corrected chi connectivity index (χ0v) is 13.9. The summed E-state index contributed by atoms with van der Waals surface area (Å²) in [6.07, 6.45) is 2.12. The van der Waals surface area contributed by atoms with Crippen LogP contribution >= 0.6 is 27.7 Å². The van der Waals surface area contributed by atoms with Gasteiger partial charge in [0, 0.05) is 34.4 Å². The number of likely N-dealkylation sites (N-methyl/N-ethyl adjacent to an activating group) is 1. The first-order valence-corrected chi connectivity index (χ1v) is 8.35. The monoisotopic (exact) mass is 342 g/mol. The van der Waals surface area contributed by atoms with Crippen molar-refractivity contribution >= 4 is 33.6 Å². The van der Waals surface area contributed by atoms with E-state index in [2.05, 4.69) is 41.2 Å². The summed E-state index contributed by atoms with van der Waals surface area (Å²) in [4.78, 5) is 16.7. The molecule has 1 amide bonds. The van der Waals surface area contributed by atoms with Crippen LogP contribution in [-0.4, -0.2) is 60.4 Å². The first-order chi connectivity index (χ1) is 9.02. The highest BCUT2D eigenvalue weighted by Gasteiger charge is 2.36. The molecule has 1 saturated heterocycles. The van der Waals surface area contributed by atoms with Gasteiger partial charge in [0.2, 0.25) is 0 Å². The minimum absolute atomic E-state index is 0.129. The summed E-state index contributed by atoms with van der Waals surface area (Å²) in [7, 11) is 4.17. The van der Waals surface area contributed by atoms with Crippen LogP contribution in [0.3, 0.4) is 0 Å². The lowest BCUT2D eigenvalue weighted by atomic mass is 10.2. The number of carbonyl (C=O) groups is 1. The largest absolute Gasteiger partial charge is 0.336 e. The van der Waals surface area contributed by atoms with E-state index in [-0.39, 0.29) is 5.91 Å². The SMILES string of the molecule is CS[C@H]1CN(C(=O)c2cccc(Br)c2)C[C@@H]1N(C)C. The Morgan fingerprint density at radius 3 is 2.68 bits per heavy atom. The van der Waals surface area contributed by atoms with E-state index in [4.69, 9.17) is 0 Å². The first-order valence-electron chi connectivity index (χ1n) is 6.27. The molecule has 0 aliphatic carbocycles. The second-order valence-corrected chi connectivity index (χ2v) is 7.02. The Morgan fingerprint density at radius 1 is 1.42 bits per heavy atom. The van der Waals surface area contributed by atoms with Crippen molar-refractivity contribution in [1.29, 1.82) is 0 Å². The molecule has 5 heteroatoms. The van der Waals surface area contributed by atoms with Gasteiger partial charge in [-0.1, -0.05) is 22.0 Å². The van der Waals surface area contributed by atoms with Crippen molar-refractivity contribution in [1.82, 2.24) is 9.80 Å². The fourth-order valence-corrected chi connectivity index (χ4v) is 3.83. The molecule has 1 aromatic carbocycles. The van der Waals surface area contributed by atoms with Crippen molar-refractivity contribution in [3.63, 3.8) is 0 Å². The van der Waals surface area contributed by atoms with Crippen molar-refractivity contribution in [2.75, 3.05) is 33.4 Å². The molecule has 0 unspecified atom stereocenters. The first kappa shape index (κ1) is 14.9. The van der Waals surface area contributed by atoms with Crippen molar-refractivity contribution in [3.05, 3.63) is 34.3 Å². The molecule has 1 heterocycles. The van der Waals surface area contributed by atoms with Crippen molar-refractivity contribution < 1.29 is 4.79 Å². The van der Waals surface area contributed by atoms with Crippen LogP contribution < -0.4 is 0 Å². The molecule has 19 heavy (non-hydrogen) atoms. The van der Waals surface area contributed by atoms with Crippen LogP contribution in [0.15, 0.2) is 28.7 Å². The Bertz CT molecular complexity index is 467. The standard InChI is InChI=1S/C14H19BrN2OS/c1-16(2)12-8-17(9-13(12)19-3)14(18)10-5-4-6-11(15)7-10/h4-7,12-13H,8-9H2,1-3H3/t12-,13-/m0/s1. The summed E-state index contributed by atoms with van der Waals surface area (Å²) in [5.41, 5.74) is 0.758. The molecule has 0 radical (unpaired) electrons. The van der Waals surface area contributed by atoms with Crippen molar-refractivity contribution in [3.8, 4) is 0 Å². The Kier molecular flexibility index (Phi) is 4.92. The number of thioether (sulfide) groups is 1. The van der Waals surface area contributed by atoms with E-state index in [9.17, 15) is 4.79 Å². The van der Waals surface area contributed by atoms with E-state index in [0.29, 0.717) is 11.3 Å². The van der Waals surface area contributed by atoms with Gasteiger partial charge < -0.3 is 9.80 Å². The second-order valence-electron chi connectivity index (χ2n) is 5.03. The third-order valence-electron chi connectivity index (χ3n) is 3.56. The lowest BCUT2D eigenvalue weighted by Crippen LogP contribution is -2.37. The number of benzene rings is 1. The average molecular weight is 343 g/mol. The molecule has 0 saturated carbocycles. The van der Waals surface area contributed by atoms with Crippen LogP contribution in [0.25, 0.3) is 0 Å². The van der Waals surface area contributed by atoms with Gasteiger partial charge in [-0.2, -0.15) is 11.8 Å². The number of amides is 1. The van der Waals surface area contributed by atoms with E-state index in [1.807, 2.05) is 40.9 Å². The third kappa shape index (κ3) is 3.33. The molecule has 104 valence electrons. The maximum absolute atomic E-state index is 12.5. The Morgan fingerprint density at radius 2 is 2.16 bits per heavy atom. The molecule has 1 aromatic rings. The predicted molar refractivity (Wildman–Crippen MR) is 84.8 cm³/mol. The Labute approximate surface area is 127 Å². The van der Waals surface area contributed by atoms with Crippen molar-refractivity contribution in [2.45, 2.75) is 11.3 Å². The molecule has 0 bridgehead atoms. The molecule has 3 nitrogen and oxygen atoms in total. The summed E-state index contributed by atoms with van der Waals surface area (Å²) >= 11 is 5.26. The average Bonchev–Trinajstić information content (AvgIpc) is 2.82. The fourth-order valence-electron chi connectivity index (χ4n) is 2.45. The topological polar surface area (TPSA) is 23.6 Å². The summed E-state index contributed by atoms with van der Waals surface area (Å²) < 4.78 is 0.947. The van der Waals surface area contributed by atoms with E-state index in [1.54, 1.807) is 0 Å². The highest BCUT2D eigenvalue weighted by molar-refractivity contribution is 9.10. The van der Waals surface area contributed by atoms with Gasteiger partial charge >= 0.3 is 0 Å². The number of rotatable bonds is 3. The van der Waals surface area contributed by atoms with Gasteiger partial charge in [0.05, 0.1) is 0 Å². The molecule has 1 aliphatic rings. The Hall–Kier alpha value is -0.520. The number of halogens is 1. The highest BCUT2D eigenvalue weighted by Crippen LogP contribution is 2.25. The number of hydrogen-bond acceptors (Lipinski definition) is 3. The van der Waals surface area contributed by atoms with E-state index >= 15 is 0 Å². The molecule has 0 spiro atoms. The molecule has 1 aliphatic heterocycles. The zero-order valence-electron chi connectivity index (χ0n) is 11.5. The Balaban J connectivity index is 2.13. The van der Waals surface area contributed by atoms with E-state index in [1.165, 1.54) is 0 Å². The predicted octanol–water partition coefficient (Wildman–Crippen LogP) is 2.57. The minimum Gasteiger partial charge on any atom is -0.336 e. The number of carbonyl (C=O) groups excluding carboxylic acids is 1. The normalized spacial score (nSPS) is 23.1. The van der Waals surface area contributed by atoms with Gasteiger partial charge in [-0.3, -0.25) is 4.79 Å². The summed E-state index contributed by atoms with van der Waals surface area (Å²) in [6.45, 7) is 1.64. The quantitative estimate of drug-likeness (QED) is 0.843. The maximum atomic E-state index is 12.5. The lowest BCUT2D eigenvalue weighted by Gasteiger charge is -2.23. The second kappa shape index (κ2) is 6.29. The summed E-state index contributed by atoms with van der Waals surface area (Å²) in [6, 6.07) is 8.05. The maximum Gasteiger partial charge on any atom is 0.253 e. The fraction of sp³-hybridized carbons (Fsp3) is 0.500.